The fourth-order valence-electron chi connectivity index (χ4n) is 0.974. The fraction of sp³-hybridized carbons (Fsp3) is 0.900. The van der Waals surface area contributed by atoms with E-state index in [1.165, 1.54) is 0 Å². The van der Waals surface area contributed by atoms with E-state index in [-0.39, 0.29) is 0 Å². The minimum Gasteiger partial charge on any atom is -0.481 e. The van der Waals surface area contributed by atoms with E-state index in [9.17, 15) is 4.79 Å². The lowest BCUT2D eigenvalue weighted by Gasteiger charge is -2.18. The van der Waals surface area contributed by atoms with Gasteiger partial charge in [0.2, 0.25) is 0 Å². The zero-order valence-electron chi connectivity index (χ0n) is 9.30. The van der Waals surface area contributed by atoms with Crippen molar-refractivity contribution in [2.75, 3.05) is 26.8 Å². The van der Waals surface area contributed by atoms with Crippen LogP contribution in [0.4, 0.5) is 0 Å². The molecular weight excluding hydrogens is 182 g/mol. The minimum absolute atomic E-state index is 0.631. The molecule has 4 heteroatoms. The lowest BCUT2D eigenvalue weighted by molar-refractivity contribution is -0.147. The van der Waals surface area contributed by atoms with Crippen molar-refractivity contribution in [2.45, 2.75) is 26.7 Å². The van der Waals surface area contributed by atoms with Gasteiger partial charge in [0.05, 0.1) is 5.41 Å². The summed E-state index contributed by atoms with van der Waals surface area (Å²) < 4.78 is 4.89. The number of ether oxygens (including phenoxy) is 1. The largest absolute Gasteiger partial charge is 0.481 e. The molecule has 0 unspecified atom stereocenters. The molecule has 0 aromatic rings. The average molecular weight is 203 g/mol. The Kier molecular flexibility index (Phi) is 6.49. The maximum absolute atomic E-state index is 10.7. The van der Waals surface area contributed by atoms with E-state index < -0.39 is 11.4 Å². The molecule has 0 saturated heterocycles. The Morgan fingerprint density at radius 2 is 2.07 bits per heavy atom. The zero-order valence-corrected chi connectivity index (χ0v) is 9.30. The predicted molar refractivity (Wildman–Crippen MR) is 55.4 cm³/mol. The zero-order chi connectivity index (χ0) is 11.0. The molecule has 0 atom stereocenters. The number of carboxylic acids is 1. The summed E-state index contributed by atoms with van der Waals surface area (Å²) in [7, 11) is 1.67. The maximum Gasteiger partial charge on any atom is 0.309 e. The Morgan fingerprint density at radius 1 is 1.43 bits per heavy atom. The summed E-state index contributed by atoms with van der Waals surface area (Å²) in [4.78, 5) is 10.7. The van der Waals surface area contributed by atoms with Crippen molar-refractivity contribution in [3.63, 3.8) is 0 Å². The summed E-state index contributed by atoms with van der Waals surface area (Å²) in [5, 5.41) is 12.0. The third-order valence-electron chi connectivity index (χ3n) is 2.21. The molecule has 0 radical (unpaired) electrons. The number of methoxy groups -OCH3 is 1. The Balaban J connectivity index is 3.40. The first-order valence-electron chi connectivity index (χ1n) is 4.94. The first-order chi connectivity index (χ1) is 6.50. The van der Waals surface area contributed by atoms with E-state index in [1.807, 2.05) is 0 Å². The topological polar surface area (TPSA) is 58.6 Å². The maximum atomic E-state index is 10.7. The van der Waals surface area contributed by atoms with Crippen LogP contribution in [-0.4, -0.2) is 37.9 Å². The number of nitrogens with one attached hydrogen (secondary N) is 1. The predicted octanol–water partition coefficient (Wildman–Crippen LogP) is 1.11. The van der Waals surface area contributed by atoms with Crippen LogP contribution >= 0.6 is 0 Å². The van der Waals surface area contributed by atoms with Crippen molar-refractivity contribution in [1.82, 2.24) is 5.32 Å². The fourth-order valence-corrected chi connectivity index (χ4v) is 0.974. The van der Waals surface area contributed by atoms with Gasteiger partial charge in [-0.15, -0.1) is 0 Å². The van der Waals surface area contributed by atoms with Gasteiger partial charge < -0.3 is 15.2 Å². The first-order valence-corrected chi connectivity index (χ1v) is 4.94. The van der Waals surface area contributed by atoms with Gasteiger partial charge in [0, 0.05) is 13.7 Å². The van der Waals surface area contributed by atoms with Gasteiger partial charge in [0.25, 0.3) is 0 Å². The normalized spacial score (nSPS) is 11.6. The summed E-state index contributed by atoms with van der Waals surface area (Å²) >= 11 is 0. The molecule has 0 saturated carbocycles. The van der Waals surface area contributed by atoms with E-state index in [1.54, 1.807) is 21.0 Å². The van der Waals surface area contributed by atoms with Crippen LogP contribution in [-0.2, 0) is 9.53 Å². The third kappa shape index (κ3) is 5.94. The molecule has 14 heavy (non-hydrogen) atoms. The molecule has 84 valence electrons. The van der Waals surface area contributed by atoms with Gasteiger partial charge >= 0.3 is 5.97 Å². The molecule has 0 heterocycles. The van der Waals surface area contributed by atoms with E-state index in [4.69, 9.17) is 9.84 Å². The summed E-state index contributed by atoms with van der Waals surface area (Å²) in [6, 6.07) is 0. The van der Waals surface area contributed by atoms with Gasteiger partial charge in [-0.1, -0.05) is 0 Å². The lowest BCUT2D eigenvalue weighted by atomic mass is 9.90. The number of aliphatic carboxylic acids is 1. The molecular formula is C10H21NO3. The van der Waals surface area contributed by atoms with Crippen molar-refractivity contribution < 1.29 is 14.6 Å². The lowest BCUT2D eigenvalue weighted by Crippen LogP contribution is -2.29. The molecule has 0 spiro atoms. The van der Waals surface area contributed by atoms with Crippen LogP contribution in [0.15, 0.2) is 0 Å². The second kappa shape index (κ2) is 6.79. The van der Waals surface area contributed by atoms with Crippen molar-refractivity contribution in [3.05, 3.63) is 0 Å². The van der Waals surface area contributed by atoms with E-state index >= 15 is 0 Å². The average Bonchev–Trinajstić information content (AvgIpc) is 2.10. The van der Waals surface area contributed by atoms with E-state index in [0.29, 0.717) is 6.42 Å². The Bertz CT molecular complexity index is 169. The molecule has 0 amide bonds. The first kappa shape index (κ1) is 13.4. The molecule has 0 bridgehead atoms. The second-order valence-corrected chi connectivity index (χ2v) is 4.04. The Labute approximate surface area is 85.6 Å². The van der Waals surface area contributed by atoms with Crippen LogP contribution in [0.25, 0.3) is 0 Å². The van der Waals surface area contributed by atoms with Gasteiger partial charge in [0.1, 0.15) is 0 Å². The highest BCUT2D eigenvalue weighted by atomic mass is 16.5. The van der Waals surface area contributed by atoms with Crippen molar-refractivity contribution >= 4 is 5.97 Å². The van der Waals surface area contributed by atoms with E-state index in [2.05, 4.69) is 5.32 Å². The van der Waals surface area contributed by atoms with Crippen LogP contribution in [0.5, 0.6) is 0 Å². The highest BCUT2D eigenvalue weighted by Crippen LogP contribution is 2.19. The van der Waals surface area contributed by atoms with Gasteiger partial charge in [-0.3, -0.25) is 4.79 Å². The second-order valence-electron chi connectivity index (χ2n) is 4.04. The Morgan fingerprint density at radius 3 is 2.57 bits per heavy atom. The molecule has 4 nitrogen and oxygen atoms in total. The standard InChI is InChI=1S/C10H21NO3/c1-10(2,9(12)13)5-7-11-6-4-8-14-3/h11H,4-8H2,1-3H3,(H,12,13). The van der Waals surface area contributed by atoms with Crippen molar-refractivity contribution in [3.8, 4) is 0 Å². The summed E-state index contributed by atoms with van der Waals surface area (Å²) in [5.74, 6) is -0.740. The number of hydrogen-bond acceptors (Lipinski definition) is 3. The molecule has 0 aliphatic heterocycles. The highest BCUT2D eigenvalue weighted by molar-refractivity contribution is 5.73. The summed E-state index contributed by atoms with van der Waals surface area (Å²) in [6.07, 6.45) is 1.61. The van der Waals surface area contributed by atoms with Crippen LogP contribution < -0.4 is 5.32 Å². The van der Waals surface area contributed by atoms with Crippen LogP contribution in [0.1, 0.15) is 26.7 Å². The third-order valence-corrected chi connectivity index (χ3v) is 2.21. The minimum atomic E-state index is -0.740. The summed E-state index contributed by atoms with van der Waals surface area (Å²) in [5.41, 5.74) is -0.631. The van der Waals surface area contributed by atoms with Crippen LogP contribution in [0.3, 0.4) is 0 Å². The molecule has 0 aromatic carbocycles. The van der Waals surface area contributed by atoms with Gasteiger partial charge in [-0.2, -0.15) is 0 Å². The van der Waals surface area contributed by atoms with E-state index in [0.717, 1.165) is 26.1 Å². The Hall–Kier alpha value is -0.610. The highest BCUT2D eigenvalue weighted by Gasteiger charge is 2.25. The number of hydrogen-bond donors (Lipinski definition) is 2. The molecule has 0 aliphatic rings. The van der Waals surface area contributed by atoms with Gasteiger partial charge in [-0.25, -0.2) is 0 Å². The molecule has 2 N–H and O–H groups in total. The smallest absolute Gasteiger partial charge is 0.309 e. The summed E-state index contributed by atoms with van der Waals surface area (Å²) in [6.45, 7) is 5.85. The number of carboxylic acid groups (broad SMARTS) is 1. The van der Waals surface area contributed by atoms with Crippen LogP contribution in [0, 0.1) is 5.41 Å². The molecule has 0 rings (SSSR count). The quantitative estimate of drug-likeness (QED) is 0.580. The van der Waals surface area contributed by atoms with Gasteiger partial charge in [-0.05, 0) is 39.8 Å². The monoisotopic (exact) mass is 203 g/mol. The molecule has 0 aliphatic carbocycles. The van der Waals surface area contributed by atoms with Crippen molar-refractivity contribution in [2.24, 2.45) is 5.41 Å². The SMILES string of the molecule is COCCCNCCC(C)(C)C(=O)O. The van der Waals surface area contributed by atoms with Crippen molar-refractivity contribution in [1.29, 1.82) is 0 Å². The van der Waals surface area contributed by atoms with Crippen LogP contribution in [0.2, 0.25) is 0 Å². The molecule has 0 fully saturated rings. The number of rotatable bonds is 8. The number of carbonyl (C=O) groups is 1. The molecule has 0 aromatic heterocycles. The van der Waals surface area contributed by atoms with Gasteiger partial charge in [0.15, 0.2) is 0 Å².